The highest BCUT2D eigenvalue weighted by Crippen LogP contribution is 1.52. The fraction of sp³-hybridized carbons (Fsp3) is 0.500. The predicted octanol–water partition coefficient (Wildman–Crippen LogP) is 0.225. The van der Waals surface area contributed by atoms with Crippen molar-refractivity contribution in [2.75, 3.05) is 7.05 Å². The largest absolute Gasteiger partial charge is 0.275 e. The number of carbonyl (C=O) groups is 1. The number of amides is 1. The molecule has 0 radical (unpaired) electrons. The van der Waals surface area contributed by atoms with E-state index in [1.807, 2.05) is 0 Å². The van der Waals surface area contributed by atoms with Gasteiger partial charge in [0.25, 0.3) is 6.41 Å². The number of rotatable bonds is 1. The highest BCUT2D eigenvalue weighted by Gasteiger charge is 1.47. The molecule has 5 heavy (non-hydrogen) atoms. The Bertz CT molecular complexity index is 49.6. The molecule has 0 aliphatic carbocycles. The number of hydrogen-bond acceptors (Lipinski definition) is 2. The van der Waals surface area contributed by atoms with Crippen LogP contribution in [-0.4, -0.2) is 13.5 Å². The van der Waals surface area contributed by atoms with Crippen LogP contribution in [0.5, 0.6) is 0 Å². The molecule has 0 fully saturated rings. The molecule has 0 unspecified atom stereocenters. The lowest BCUT2D eigenvalue weighted by atomic mass is 11.4. The lowest BCUT2D eigenvalue weighted by Gasteiger charge is -1.54. The van der Waals surface area contributed by atoms with E-state index in [0.717, 1.165) is 0 Å². The molecule has 1 amide bonds. The average Bonchev–Trinajstić information content (AvgIpc) is 1.41. The molecule has 0 aliphatic heterocycles. The monoisotopic (exact) mass is 72.0 g/mol. The Balaban J connectivity index is 2.92. The summed E-state index contributed by atoms with van der Waals surface area (Å²) in [7, 11) is 1.44. The second kappa shape index (κ2) is 3.27. The van der Waals surface area contributed by atoms with E-state index in [2.05, 4.69) is 10.2 Å². The van der Waals surface area contributed by atoms with Gasteiger partial charge < -0.3 is 0 Å². The fourth-order valence-electron chi connectivity index (χ4n) is 0.0471. The molecule has 0 rings (SSSR count). The molecule has 3 heteroatoms. The third-order valence-electron chi connectivity index (χ3n) is 0.163. The average molecular weight is 72.1 g/mol. The standard InChI is InChI=1S/C2H4N2O/c1-3-4-2-5/h2H,1H3/b4-3+. The molecule has 0 aliphatic rings. The van der Waals surface area contributed by atoms with Crippen LogP contribution in [-0.2, 0) is 4.79 Å². The Kier molecular flexibility index (Phi) is 2.79. The van der Waals surface area contributed by atoms with E-state index in [1.54, 1.807) is 0 Å². The molecule has 0 spiro atoms. The second-order valence-corrected chi connectivity index (χ2v) is 0.421. The lowest BCUT2D eigenvalue weighted by molar-refractivity contribution is -0.107. The van der Waals surface area contributed by atoms with Crippen molar-refractivity contribution in [3.8, 4) is 0 Å². The quantitative estimate of drug-likeness (QED) is 0.323. The van der Waals surface area contributed by atoms with E-state index in [-0.39, 0.29) is 0 Å². The van der Waals surface area contributed by atoms with Gasteiger partial charge >= 0.3 is 0 Å². The van der Waals surface area contributed by atoms with Gasteiger partial charge in [0.2, 0.25) is 0 Å². The molecule has 0 saturated carbocycles. The summed E-state index contributed by atoms with van der Waals surface area (Å²) >= 11 is 0. The molecule has 0 saturated heterocycles. The number of azo groups is 1. The molecule has 0 atom stereocenters. The van der Waals surface area contributed by atoms with Crippen LogP contribution in [0.25, 0.3) is 0 Å². The minimum atomic E-state index is 0.389. The topological polar surface area (TPSA) is 41.8 Å². The Morgan fingerprint density at radius 3 is 2.40 bits per heavy atom. The van der Waals surface area contributed by atoms with Gasteiger partial charge in [0.05, 0.1) is 0 Å². The van der Waals surface area contributed by atoms with E-state index < -0.39 is 0 Å². The van der Waals surface area contributed by atoms with Gasteiger partial charge in [-0.25, -0.2) is 0 Å². The number of nitrogens with zero attached hydrogens (tertiary/aromatic N) is 2. The van der Waals surface area contributed by atoms with E-state index in [1.165, 1.54) is 7.05 Å². The smallest absolute Gasteiger partial charge is 0.252 e. The van der Waals surface area contributed by atoms with E-state index in [4.69, 9.17) is 4.79 Å². The van der Waals surface area contributed by atoms with Gasteiger partial charge in [-0.05, 0) is 0 Å². The van der Waals surface area contributed by atoms with Crippen molar-refractivity contribution in [1.29, 1.82) is 0 Å². The summed E-state index contributed by atoms with van der Waals surface area (Å²) in [5, 5.41) is 6.03. The van der Waals surface area contributed by atoms with Gasteiger partial charge in [-0.2, -0.15) is 5.11 Å². The summed E-state index contributed by atoms with van der Waals surface area (Å²) in [5.74, 6) is 0. The number of hydrogen-bond donors (Lipinski definition) is 0. The van der Waals surface area contributed by atoms with Crippen LogP contribution in [0.1, 0.15) is 0 Å². The minimum Gasteiger partial charge on any atom is -0.275 e. The van der Waals surface area contributed by atoms with Crippen LogP contribution < -0.4 is 0 Å². The maximum atomic E-state index is 9.14. The van der Waals surface area contributed by atoms with E-state index in [0.29, 0.717) is 6.41 Å². The normalized spacial score (nSPS) is 9.00. The number of carbonyl (C=O) groups excluding carboxylic acids is 1. The SMILES string of the molecule is C/N=N/C=O. The van der Waals surface area contributed by atoms with Gasteiger partial charge in [0, 0.05) is 7.05 Å². The van der Waals surface area contributed by atoms with Crippen LogP contribution in [0.3, 0.4) is 0 Å². The van der Waals surface area contributed by atoms with Crippen LogP contribution in [0.15, 0.2) is 10.2 Å². The van der Waals surface area contributed by atoms with Crippen LogP contribution in [0, 0.1) is 0 Å². The van der Waals surface area contributed by atoms with Gasteiger partial charge in [-0.15, -0.1) is 5.11 Å². The molecule has 0 bridgehead atoms. The summed E-state index contributed by atoms with van der Waals surface area (Å²) in [6.07, 6.45) is 0.389. The Morgan fingerprint density at radius 1 is 1.80 bits per heavy atom. The van der Waals surface area contributed by atoms with Gasteiger partial charge in [0.1, 0.15) is 0 Å². The summed E-state index contributed by atoms with van der Waals surface area (Å²) < 4.78 is 0. The van der Waals surface area contributed by atoms with Crippen molar-refractivity contribution in [2.24, 2.45) is 10.2 Å². The zero-order valence-corrected chi connectivity index (χ0v) is 2.88. The second-order valence-electron chi connectivity index (χ2n) is 0.421. The highest BCUT2D eigenvalue weighted by atomic mass is 16.1. The molecule has 0 aromatic rings. The van der Waals surface area contributed by atoms with Crippen molar-refractivity contribution < 1.29 is 4.79 Å². The molecule has 0 aromatic carbocycles. The van der Waals surface area contributed by atoms with Crippen LogP contribution in [0.4, 0.5) is 0 Å². The van der Waals surface area contributed by atoms with Crippen molar-refractivity contribution >= 4 is 6.41 Å². The highest BCUT2D eigenvalue weighted by molar-refractivity contribution is 5.45. The summed E-state index contributed by atoms with van der Waals surface area (Å²) in [5.41, 5.74) is 0. The van der Waals surface area contributed by atoms with Gasteiger partial charge in [-0.1, -0.05) is 0 Å². The summed E-state index contributed by atoms with van der Waals surface area (Å²) in [6, 6.07) is 0. The van der Waals surface area contributed by atoms with Gasteiger partial charge in [-0.3, -0.25) is 4.79 Å². The lowest BCUT2D eigenvalue weighted by Crippen LogP contribution is -1.51. The van der Waals surface area contributed by atoms with E-state index >= 15 is 0 Å². The molecular weight excluding hydrogens is 68.0 g/mol. The summed E-state index contributed by atoms with van der Waals surface area (Å²) in [6.45, 7) is 0. The van der Waals surface area contributed by atoms with Crippen molar-refractivity contribution in [3.05, 3.63) is 0 Å². The third-order valence-corrected chi connectivity index (χ3v) is 0.163. The maximum absolute atomic E-state index is 9.14. The molecule has 0 N–H and O–H groups in total. The zero-order valence-electron chi connectivity index (χ0n) is 2.88. The molecule has 0 heterocycles. The minimum absolute atomic E-state index is 0.389. The van der Waals surface area contributed by atoms with Crippen molar-refractivity contribution in [2.45, 2.75) is 0 Å². The van der Waals surface area contributed by atoms with Crippen molar-refractivity contribution in [1.82, 2.24) is 0 Å². The third kappa shape index (κ3) is 3.27. The molecular formula is C2H4N2O. The Morgan fingerprint density at radius 2 is 2.40 bits per heavy atom. The first-order valence-electron chi connectivity index (χ1n) is 1.14. The Hall–Kier alpha value is -0.730. The first-order valence-corrected chi connectivity index (χ1v) is 1.14. The van der Waals surface area contributed by atoms with Crippen molar-refractivity contribution in [3.63, 3.8) is 0 Å². The first-order chi connectivity index (χ1) is 2.41. The van der Waals surface area contributed by atoms with Crippen LogP contribution in [0.2, 0.25) is 0 Å². The Labute approximate surface area is 29.7 Å². The van der Waals surface area contributed by atoms with E-state index in [9.17, 15) is 0 Å². The molecule has 28 valence electrons. The summed E-state index contributed by atoms with van der Waals surface area (Å²) in [4.78, 5) is 9.14. The molecule has 0 aromatic heterocycles. The van der Waals surface area contributed by atoms with Crippen LogP contribution >= 0.6 is 0 Å². The zero-order chi connectivity index (χ0) is 4.12. The molecule has 3 nitrogen and oxygen atoms in total. The fourth-order valence-corrected chi connectivity index (χ4v) is 0.0471. The van der Waals surface area contributed by atoms with Gasteiger partial charge in [0.15, 0.2) is 0 Å². The maximum Gasteiger partial charge on any atom is 0.252 e. The predicted molar refractivity (Wildman–Crippen MR) is 16.8 cm³/mol. The first kappa shape index (κ1) is 4.27.